The molecule has 10 N–H and O–H groups in total. The molecule has 0 aliphatic carbocycles. The van der Waals surface area contributed by atoms with Crippen LogP contribution in [0.5, 0.6) is 0 Å². The van der Waals surface area contributed by atoms with Gasteiger partial charge in [-0.05, 0) is 68.3 Å². The van der Waals surface area contributed by atoms with Crippen LogP contribution in [-0.2, 0) is 19.6 Å². The van der Waals surface area contributed by atoms with E-state index < -0.39 is 0 Å². The number of quaternary nitrogens is 1. The standard InChI is InChI=1S/C39H48N6/c40-19-22-43-28-34-10-1-31(2-11-34)7-16-37-25-38(17-8-32-3-12-35(13-4-32)29-44-23-20-41)27-39(26-37)18-9-33-5-14-36(15-6-33)30-45-24-21-42/h1-18,25-27,43-45H,19-24,28-30,40-42H2/p+1. The Kier molecular flexibility index (Phi) is 14.5. The minimum absolute atomic E-state index is 0.646. The van der Waals surface area contributed by atoms with E-state index in [2.05, 4.69) is 149 Å². The van der Waals surface area contributed by atoms with Gasteiger partial charge in [-0.15, -0.1) is 0 Å². The molecule has 0 aliphatic rings. The molecule has 6 heteroatoms. The summed E-state index contributed by atoms with van der Waals surface area (Å²) in [5.41, 5.74) is 25.8. The van der Waals surface area contributed by atoms with Crippen LogP contribution in [0.1, 0.15) is 50.1 Å². The first-order chi connectivity index (χ1) is 22.1. The molecule has 0 aliphatic heterocycles. The van der Waals surface area contributed by atoms with Crippen molar-refractivity contribution in [1.82, 2.24) is 16.0 Å². The van der Waals surface area contributed by atoms with Crippen molar-refractivity contribution in [2.45, 2.75) is 19.6 Å². The van der Waals surface area contributed by atoms with Crippen molar-refractivity contribution in [1.29, 1.82) is 0 Å². The summed E-state index contributed by atoms with van der Waals surface area (Å²) in [7, 11) is 0. The second-order valence-corrected chi connectivity index (χ2v) is 11.1. The Morgan fingerprint density at radius 1 is 0.422 bits per heavy atom. The summed E-state index contributed by atoms with van der Waals surface area (Å²) in [6.07, 6.45) is 13.1. The minimum Gasteiger partial charge on any atom is -0.357 e. The van der Waals surface area contributed by atoms with Gasteiger partial charge in [0.15, 0.2) is 0 Å². The molecule has 6 nitrogen and oxygen atoms in total. The average molecular weight is 602 g/mol. The van der Waals surface area contributed by atoms with Crippen LogP contribution in [0.3, 0.4) is 0 Å². The van der Waals surface area contributed by atoms with Crippen molar-refractivity contribution >= 4 is 36.5 Å². The van der Waals surface area contributed by atoms with Crippen LogP contribution in [0.15, 0.2) is 91.0 Å². The highest BCUT2D eigenvalue weighted by molar-refractivity contribution is 5.78. The summed E-state index contributed by atoms with van der Waals surface area (Å²) in [6.45, 7) is 7.28. The number of benzene rings is 4. The Labute approximate surface area is 269 Å². The van der Waals surface area contributed by atoms with Crippen LogP contribution in [0.2, 0.25) is 0 Å². The second-order valence-electron chi connectivity index (χ2n) is 11.1. The summed E-state index contributed by atoms with van der Waals surface area (Å²) in [5, 5.41) is 10.1. The van der Waals surface area contributed by atoms with Crippen LogP contribution in [0, 0.1) is 0 Å². The molecular formula is C39H49N6+. The smallest absolute Gasteiger partial charge is 0.0866 e. The molecule has 0 amide bonds. The van der Waals surface area contributed by atoms with Crippen LogP contribution < -0.4 is 33.2 Å². The average Bonchev–Trinajstić information content (AvgIpc) is 3.07. The van der Waals surface area contributed by atoms with Gasteiger partial charge in [0.1, 0.15) is 0 Å². The lowest BCUT2D eigenvalue weighted by molar-refractivity contribution is -0.365. The van der Waals surface area contributed by atoms with Crippen LogP contribution in [0.25, 0.3) is 36.5 Å². The van der Waals surface area contributed by atoms with Gasteiger partial charge < -0.3 is 33.2 Å². The van der Waals surface area contributed by atoms with E-state index >= 15 is 0 Å². The molecule has 0 spiro atoms. The molecule has 4 rings (SSSR count). The van der Waals surface area contributed by atoms with Gasteiger partial charge in [-0.25, -0.2) is 0 Å². The van der Waals surface area contributed by atoms with Gasteiger partial charge in [-0.2, -0.15) is 0 Å². The van der Waals surface area contributed by atoms with Gasteiger partial charge in [-0.3, -0.25) is 0 Å². The number of nitrogens with one attached hydrogen (secondary N) is 3. The quantitative estimate of drug-likeness (QED) is 0.0735. The Balaban J connectivity index is 1.51. The largest absolute Gasteiger partial charge is 0.357 e. The van der Waals surface area contributed by atoms with E-state index in [9.17, 15) is 0 Å². The van der Waals surface area contributed by atoms with E-state index in [1.807, 2.05) is 0 Å². The molecule has 0 fully saturated rings. The van der Waals surface area contributed by atoms with Gasteiger partial charge in [0.05, 0.1) is 6.54 Å². The lowest BCUT2D eigenvalue weighted by atomic mass is 10.0. The third-order valence-corrected chi connectivity index (χ3v) is 7.33. The normalized spacial score (nSPS) is 11.8. The number of hydrogen-bond acceptors (Lipinski definition) is 5. The summed E-state index contributed by atoms with van der Waals surface area (Å²) < 4.78 is 0. The van der Waals surface area contributed by atoms with Gasteiger partial charge in [0.2, 0.25) is 0 Å². The maximum Gasteiger partial charge on any atom is 0.0866 e. The number of rotatable bonds is 18. The fourth-order valence-corrected chi connectivity index (χ4v) is 4.84. The highest BCUT2D eigenvalue weighted by Gasteiger charge is 2.00. The summed E-state index contributed by atoms with van der Waals surface area (Å²) in [5.74, 6) is 0. The van der Waals surface area contributed by atoms with Crippen molar-refractivity contribution in [2.75, 3.05) is 39.3 Å². The van der Waals surface area contributed by atoms with Crippen molar-refractivity contribution in [3.63, 3.8) is 0 Å². The van der Waals surface area contributed by atoms with E-state index in [1.54, 1.807) is 0 Å². The van der Waals surface area contributed by atoms with Gasteiger partial charge in [0, 0.05) is 52.4 Å². The first-order valence-electron chi connectivity index (χ1n) is 15.9. The highest BCUT2D eigenvalue weighted by Crippen LogP contribution is 2.19. The fourth-order valence-electron chi connectivity index (χ4n) is 4.84. The van der Waals surface area contributed by atoms with E-state index in [1.165, 1.54) is 33.4 Å². The van der Waals surface area contributed by atoms with Crippen LogP contribution in [0.4, 0.5) is 0 Å². The van der Waals surface area contributed by atoms with Gasteiger partial charge >= 0.3 is 0 Å². The van der Waals surface area contributed by atoms with Crippen molar-refractivity contribution < 1.29 is 5.73 Å². The first-order valence-corrected chi connectivity index (χ1v) is 15.9. The first kappa shape index (κ1) is 33.7. The molecule has 0 unspecified atom stereocenters. The lowest BCUT2D eigenvalue weighted by Gasteiger charge is -2.05. The molecular weight excluding hydrogens is 552 g/mol. The molecule has 0 aromatic heterocycles. The predicted octanol–water partition coefficient (Wildman–Crippen LogP) is 4.63. The van der Waals surface area contributed by atoms with Crippen molar-refractivity contribution in [3.05, 3.63) is 141 Å². The molecule has 4 aromatic carbocycles. The third kappa shape index (κ3) is 12.4. The van der Waals surface area contributed by atoms with Gasteiger partial charge in [-0.1, -0.05) is 109 Å². The zero-order chi connectivity index (χ0) is 31.5. The van der Waals surface area contributed by atoms with E-state index in [0.717, 1.165) is 62.5 Å². The molecule has 45 heavy (non-hydrogen) atoms. The zero-order valence-electron chi connectivity index (χ0n) is 26.4. The second kappa shape index (κ2) is 19.3. The monoisotopic (exact) mass is 601 g/mol. The Morgan fingerprint density at radius 2 is 0.711 bits per heavy atom. The Bertz CT molecular complexity index is 1310. The van der Waals surface area contributed by atoms with Crippen LogP contribution >= 0.6 is 0 Å². The molecule has 0 saturated heterocycles. The van der Waals surface area contributed by atoms with Crippen molar-refractivity contribution in [3.8, 4) is 0 Å². The third-order valence-electron chi connectivity index (χ3n) is 7.33. The zero-order valence-corrected chi connectivity index (χ0v) is 26.4. The molecule has 234 valence electrons. The summed E-state index contributed by atoms with van der Waals surface area (Å²) in [4.78, 5) is 0. The summed E-state index contributed by atoms with van der Waals surface area (Å²) in [6, 6.07) is 32.7. The molecule has 0 saturated carbocycles. The number of nitrogens with two attached hydrogens (primary N) is 2. The van der Waals surface area contributed by atoms with E-state index in [0.29, 0.717) is 13.1 Å². The molecule has 0 radical (unpaired) electrons. The number of hydrogen-bond donors (Lipinski definition) is 6. The maximum absolute atomic E-state index is 5.59. The minimum atomic E-state index is 0.646. The van der Waals surface area contributed by atoms with Crippen molar-refractivity contribution in [2.24, 2.45) is 11.5 Å². The van der Waals surface area contributed by atoms with Gasteiger partial charge in [0.25, 0.3) is 0 Å². The lowest BCUT2D eigenvalue weighted by Crippen LogP contribution is -2.54. The molecule has 4 aromatic rings. The molecule has 0 bridgehead atoms. The van der Waals surface area contributed by atoms with E-state index in [-0.39, 0.29) is 0 Å². The maximum atomic E-state index is 5.59. The predicted molar refractivity (Wildman–Crippen MR) is 194 cm³/mol. The Morgan fingerprint density at radius 3 is 1.00 bits per heavy atom. The molecule has 0 heterocycles. The van der Waals surface area contributed by atoms with E-state index in [4.69, 9.17) is 11.5 Å². The SMILES string of the molecule is NCCNCc1ccc(C=Cc2cc(C=Cc3ccc(CNCCN)cc3)cc(C=Cc3ccc(CNCC[NH3+])cc3)c2)cc1. The summed E-state index contributed by atoms with van der Waals surface area (Å²) >= 11 is 0. The Hall–Kier alpha value is -4.14. The molecule has 0 atom stereocenters. The highest BCUT2D eigenvalue weighted by atomic mass is 14.9. The topological polar surface area (TPSA) is 116 Å². The van der Waals surface area contributed by atoms with Crippen LogP contribution in [-0.4, -0.2) is 39.3 Å². The fraction of sp³-hybridized carbons (Fsp3) is 0.231.